The van der Waals surface area contributed by atoms with Crippen molar-refractivity contribution in [2.45, 2.75) is 12.6 Å². The van der Waals surface area contributed by atoms with Crippen LogP contribution in [-0.2, 0) is 12.6 Å². The van der Waals surface area contributed by atoms with Crippen LogP contribution in [0.25, 0.3) is 0 Å². The fourth-order valence-electron chi connectivity index (χ4n) is 1.15. The lowest BCUT2D eigenvalue weighted by Crippen LogP contribution is -2.05. The Bertz CT molecular complexity index is 413. The molecule has 0 saturated carbocycles. The zero-order valence-corrected chi connectivity index (χ0v) is 8.07. The number of nitro groups is 1. The lowest BCUT2D eigenvalue weighted by atomic mass is 10.1. The van der Waals surface area contributed by atoms with Gasteiger partial charge >= 0.3 is 6.18 Å². The van der Waals surface area contributed by atoms with E-state index in [9.17, 15) is 23.3 Å². The number of hydrogen-bond donors (Lipinski definition) is 0. The molecule has 0 saturated heterocycles. The molecule has 0 aromatic heterocycles. The first-order chi connectivity index (χ1) is 7.39. The highest BCUT2D eigenvalue weighted by atomic mass is 19.4. The van der Waals surface area contributed by atoms with Gasteiger partial charge in [0.1, 0.15) is 0 Å². The third-order valence-corrected chi connectivity index (χ3v) is 1.83. The second-order valence-electron chi connectivity index (χ2n) is 3.07. The van der Waals surface area contributed by atoms with E-state index in [0.717, 1.165) is 12.1 Å². The topological polar surface area (TPSA) is 43.1 Å². The third-order valence-electron chi connectivity index (χ3n) is 1.83. The van der Waals surface area contributed by atoms with E-state index < -0.39 is 16.7 Å². The molecule has 0 N–H and O–H groups in total. The second kappa shape index (κ2) is 4.78. The van der Waals surface area contributed by atoms with Crippen molar-refractivity contribution in [3.63, 3.8) is 0 Å². The second-order valence-corrected chi connectivity index (χ2v) is 3.07. The molecule has 0 aliphatic carbocycles. The van der Waals surface area contributed by atoms with Gasteiger partial charge < -0.3 is 0 Å². The number of benzene rings is 1. The fraction of sp³-hybridized carbons (Fsp3) is 0.200. The van der Waals surface area contributed by atoms with Crippen molar-refractivity contribution in [1.82, 2.24) is 0 Å². The van der Waals surface area contributed by atoms with E-state index >= 15 is 0 Å². The lowest BCUT2D eigenvalue weighted by Gasteiger charge is -2.07. The molecule has 0 heterocycles. The van der Waals surface area contributed by atoms with Gasteiger partial charge in [-0.05, 0) is 24.1 Å². The summed E-state index contributed by atoms with van der Waals surface area (Å²) < 4.78 is 36.9. The minimum atomic E-state index is -4.39. The summed E-state index contributed by atoms with van der Waals surface area (Å²) in [7, 11) is 0. The smallest absolute Gasteiger partial charge is 0.259 e. The number of alkyl halides is 3. The van der Waals surface area contributed by atoms with Crippen LogP contribution in [-0.4, -0.2) is 4.92 Å². The van der Waals surface area contributed by atoms with Crippen LogP contribution in [0.2, 0.25) is 0 Å². The van der Waals surface area contributed by atoms with Crippen LogP contribution in [0, 0.1) is 10.1 Å². The summed E-state index contributed by atoms with van der Waals surface area (Å²) in [6, 6.07) is 4.70. The molecule has 0 fully saturated rings. The van der Waals surface area contributed by atoms with Gasteiger partial charge in [0.25, 0.3) is 0 Å². The standard InChI is InChI=1S/C10H8F3NO2/c11-10(12,13)9-5-1-3-8(7-9)4-2-6-14(15)16/h1-3,5-7H,4H2. The highest BCUT2D eigenvalue weighted by molar-refractivity contribution is 5.26. The van der Waals surface area contributed by atoms with Gasteiger partial charge in [0.05, 0.1) is 10.5 Å². The van der Waals surface area contributed by atoms with E-state index in [2.05, 4.69) is 0 Å². The van der Waals surface area contributed by atoms with Gasteiger partial charge in [-0.2, -0.15) is 13.2 Å². The molecule has 0 bridgehead atoms. The van der Waals surface area contributed by atoms with Crippen LogP contribution in [0.15, 0.2) is 36.5 Å². The minimum Gasteiger partial charge on any atom is -0.259 e. The molecule has 0 aliphatic heterocycles. The Morgan fingerprint density at radius 1 is 1.38 bits per heavy atom. The average molecular weight is 231 g/mol. The number of nitrogens with zero attached hydrogens (tertiary/aromatic N) is 1. The minimum absolute atomic E-state index is 0.102. The molecule has 0 spiro atoms. The average Bonchev–Trinajstić information content (AvgIpc) is 2.16. The van der Waals surface area contributed by atoms with Gasteiger partial charge in [-0.15, -0.1) is 0 Å². The molecule has 16 heavy (non-hydrogen) atoms. The summed E-state index contributed by atoms with van der Waals surface area (Å²) in [4.78, 5) is 9.30. The van der Waals surface area contributed by atoms with Gasteiger partial charge in [0.2, 0.25) is 6.20 Å². The predicted molar refractivity (Wildman–Crippen MR) is 51.3 cm³/mol. The summed E-state index contributed by atoms with van der Waals surface area (Å²) in [6.45, 7) is 0. The lowest BCUT2D eigenvalue weighted by molar-refractivity contribution is -0.402. The maximum absolute atomic E-state index is 12.3. The highest BCUT2D eigenvalue weighted by Gasteiger charge is 2.30. The zero-order chi connectivity index (χ0) is 12.2. The summed E-state index contributed by atoms with van der Waals surface area (Å²) in [5.41, 5.74) is -0.368. The summed E-state index contributed by atoms with van der Waals surface area (Å²) >= 11 is 0. The van der Waals surface area contributed by atoms with Crippen LogP contribution in [0.5, 0.6) is 0 Å². The Balaban J connectivity index is 2.79. The van der Waals surface area contributed by atoms with Crippen molar-refractivity contribution in [1.29, 1.82) is 0 Å². The van der Waals surface area contributed by atoms with Crippen LogP contribution < -0.4 is 0 Å². The molecule has 3 nitrogen and oxygen atoms in total. The highest BCUT2D eigenvalue weighted by Crippen LogP contribution is 2.29. The van der Waals surface area contributed by atoms with Crippen molar-refractivity contribution < 1.29 is 18.1 Å². The molecular weight excluding hydrogens is 223 g/mol. The first-order valence-corrected chi connectivity index (χ1v) is 4.36. The first kappa shape index (κ1) is 12.2. The largest absolute Gasteiger partial charge is 0.416 e. The fourth-order valence-corrected chi connectivity index (χ4v) is 1.15. The van der Waals surface area contributed by atoms with Crippen LogP contribution in [0.3, 0.4) is 0 Å². The van der Waals surface area contributed by atoms with Crippen molar-refractivity contribution >= 4 is 0 Å². The summed E-state index contributed by atoms with van der Waals surface area (Å²) in [5.74, 6) is 0. The van der Waals surface area contributed by atoms with Crippen molar-refractivity contribution in [3.05, 3.63) is 57.8 Å². The van der Waals surface area contributed by atoms with Gasteiger partial charge in [-0.3, -0.25) is 10.1 Å². The van der Waals surface area contributed by atoms with Crippen LogP contribution in [0.1, 0.15) is 11.1 Å². The molecular formula is C10H8F3NO2. The summed E-state index contributed by atoms with van der Waals surface area (Å²) in [6.07, 6.45) is -2.37. The number of hydrogen-bond acceptors (Lipinski definition) is 2. The molecule has 1 rings (SSSR count). The molecule has 6 heteroatoms. The van der Waals surface area contributed by atoms with Crippen molar-refractivity contribution in [3.8, 4) is 0 Å². The monoisotopic (exact) mass is 231 g/mol. The Morgan fingerprint density at radius 2 is 2.06 bits per heavy atom. The van der Waals surface area contributed by atoms with E-state index in [1.54, 1.807) is 0 Å². The first-order valence-electron chi connectivity index (χ1n) is 4.36. The van der Waals surface area contributed by atoms with Gasteiger partial charge in [0, 0.05) is 0 Å². The molecule has 0 atom stereocenters. The van der Waals surface area contributed by atoms with E-state index in [4.69, 9.17) is 0 Å². The molecule has 0 aliphatic rings. The number of halogens is 3. The Hall–Kier alpha value is -1.85. The third kappa shape index (κ3) is 3.72. The quantitative estimate of drug-likeness (QED) is 0.592. The maximum atomic E-state index is 12.3. The maximum Gasteiger partial charge on any atom is 0.416 e. The van der Waals surface area contributed by atoms with E-state index in [1.807, 2.05) is 0 Å². The normalized spacial score (nSPS) is 11.9. The Labute approximate surface area is 89.4 Å². The molecule has 0 unspecified atom stereocenters. The Kier molecular flexibility index (Phi) is 3.65. The van der Waals surface area contributed by atoms with E-state index in [1.165, 1.54) is 18.2 Å². The zero-order valence-electron chi connectivity index (χ0n) is 8.07. The molecule has 0 amide bonds. The molecule has 86 valence electrons. The Morgan fingerprint density at radius 3 is 2.62 bits per heavy atom. The van der Waals surface area contributed by atoms with Gasteiger partial charge in [-0.1, -0.05) is 18.2 Å². The van der Waals surface area contributed by atoms with E-state index in [-0.39, 0.29) is 6.42 Å². The molecule has 0 radical (unpaired) electrons. The van der Waals surface area contributed by atoms with Crippen molar-refractivity contribution in [2.24, 2.45) is 0 Å². The van der Waals surface area contributed by atoms with Crippen LogP contribution in [0.4, 0.5) is 13.2 Å². The van der Waals surface area contributed by atoms with Gasteiger partial charge in [-0.25, -0.2) is 0 Å². The van der Waals surface area contributed by atoms with Crippen LogP contribution >= 0.6 is 0 Å². The number of rotatable bonds is 3. The van der Waals surface area contributed by atoms with E-state index in [0.29, 0.717) is 11.8 Å². The van der Waals surface area contributed by atoms with Crippen molar-refractivity contribution in [2.75, 3.05) is 0 Å². The molecule has 1 aromatic carbocycles. The van der Waals surface area contributed by atoms with Gasteiger partial charge in [0.15, 0.2) is 0 Å². The molecule has 1 aromatic rings. The summed E-state index contributed by atoms with van der Waals surface area (Å²) in [5, 5.41) is 9.95. The number of allylic oxidation sites excluding steroid dienone is 1. The predicted octanol–water partition coefficient (Wildman–Crippen LogP) is 3.04. The SMILES string of the molecule is O=[N+]([O-])C=CCc1cccc(C(F)(F)F)c1.